The predicted molar refractivity (Wildman–Crippen MR) is 233 cm³/mol. The second-order valence-electron chi connectivity index (χ2n) is 14.8. The Labute approximate surface area is 321 Å². The van der Waals surface area contributed by atoms with Gasteiger partial charge in [0.2, 0.25) is 0 Å². The molecular weight excluding hydrogens is 661 g/mol. The molecule has 11 rings (SSSR count). The normalized spacial score (nSPS) is 12.9. The maximum absolute atomic E-state index is 2.45. The minimum Gasteiger partial charge on any atom is -0.0622 e. The summed E-state index contributed by atoms with van der Waals surface area (Å²) >= 11 is 0. The quantitative estimate of drug-likeness (QED) is 0.168. The molecule has 0 N–H and O–H groups in total. The van der Waals surface area contributed by atoms with Gasteiger partial charge in [-0.25, -0.2) is 0 Å². The number of benzene rings is 10. The molecule has 0 amide bonds. The molecule has 0 heterocycles. The summed E-state index contributed by atoms with van der Waals surface area (Å²) in [5.41, 5.74) is 14.6. The molecule has 1 aliphatic rings. The van der Waals surface area contributed by atoms with Gasteiger partial charge >= 0.3 is 0 Å². The summed E-state index contributed by atoms with van der Waals surface area (Å²) in [6, 6.07) is 81.1. The summed E-state index contributed by atoms with van der Waals surface area (Å²) in [6.07, 6.45) is 0. The molecule has 0 unspecified atom stereocenters. The van der Waals surface area contributed by atoms with Crippen LogP contribution in [0.3, 0.4) is 0 Å². The SMILES string of the molecule is c1ccc(C2(c3ccccc3)c3ccccc3-c3c(-c4cc(-c5cccc6ccccc56)cc(-c5cccc6ccccc56)c4)cc4ccccc4c32)cc1. The van der Waals surface area contributed by atoms with Crippen LogP contribution in [0, 0.1) is 0 Å². The average molecular weight is 697 g/mol. The monoisotopic (exact) mass is 696 g/mol. The van der Waals surface area contributed by atoms with Crippen LogP contribution in [0.2, 0.25) is 0 Å². The molecular formula is C55H36. The molecule has 0 heteroatoms. The molecule has 0 radical (unpaired) electrons. The van der Waals surface area contributed by atoms with E-state index in [1.807, 2.05) is 0 Å². The lowest BCUT2D eigenvalue weighted by atomic mass is 9.66. The van der Waals surface area contributed by atoms with Crippen molar-refractivity contribution in [3.05, 3.63) is 241 Å². The summed E-state index contributed by atoms with van der Waals surface area (Å²) in [5, 5.41) is 7.52. The number of fused-ring (bicyclic) bond motifs is 7. The third kappa shape index (κ3) is 4.78. The Morgan fingerprint density at radius 2 is 0.691 bits per heavy atom. The standard InChI is InChI=1S/C55H36/c1-3-22-43(23-4-1)55(44-24-5-2-6-25-44)52-32-14-13-29-50(52)53-51(36-39-19-9-12-28-49(39)54(53)55)42-34-40(47-30-15-20-37-17-7-10-26-45(37)47)33-41(35-42)48-31-16-21-38-18-8-11-27-46(38)48/h1-36H. The lowest BCUT2D eigenvalue weighted by molar-refractivity contribution is 0.775. The Balaban J connectivity index is 1.30. The first-order valence-corrected chi connectivity index (χ1v) is 19.2. The molecule has 0 fully saturated rings. The van der Waals surface area contributed by atoms with Gasteiger partial charge in [-0.15, -0.1) is 0 Å². The van der Waals surface area contributed by atoms with E-state index in [1.54, 1.807) is 0 Å². The number of hydrogen-bond acceptors (Lipinski definition) is 0. The van der Waals surface area contributed by atoms with Gasteiger partial charge in [0.1, 0.15) is 0 Å². The second-order valence-corrected chi connectivity index (χ2v) is 14.8. The number of hydrogen-bond donors (Lipinski definition) is 0. The van der Waals surface area contributed by atoms with Crippen molar-refractivity contribution in [3.63, 3.8) is 0 Å². The summed E-state index contributed by atoms with van der Waals surface area (Å²) in [4.78, 5) is 0. The van der Waals surface area contributed by atoms with Crippen molar-refractivity contribution in [3.8, 4) is 44.5 Å². The van der Waals surface area contributed by atoms with Crippen LogP contribution in [-0.2, 0) is 5.41 Å². The van der Waals surface area contributed by atoms with Crippen molar-refractivity contribution in [2.75, 3.05) is 0 Å². The van der Waals surface area contributed by atoms with Crippen molar-refractivity contribution in [1.29, 1.82) is 0 Å². The maximum atomic E-state index is 2.45. The van der Waals surface area contributed by atoms with E-state index in [-0.39, 0.29) is 0 Å². The van der Waals surface area contributed by atoms with Gasteiger partial charge in [-0.1, -0.05) is 194 Å². The smallest absolute Gasteiger partial charge is 0.0622 e. The maximum Gasteiger partial charge on any atom is 0.0719 e. The van der Waals surface area contributed by atoms with Gasteiger partial charge in [0, 0.05) is 0 Å². The van der Waals surface area contributed by atoms with Gasteiger partial charge in [0.25, 0.3) is 0 Å². The van der Waals surface area contributed by atoms with Crippen LogP contribution in [-0.4, -0.2) is 0 Å². The number of rotatable bonds is 5. The molecule has 0 saturated carbocycles. The predicted octanol–water partition coefficient (Wildman–Crippen LogP) is 14.5. The van der Waals surface area contributed by atoms with Crippen molar-refractivity contribution >= 4 is 32.3 Å². The van der Waals surface area contributed by atoms with E-state index in [2.05, 4.69) is 218 Å². The molecule has 256 valence electrons. The minimum atomic E-state index is -0.518. The second kappa shape index (κ2) is 12.5. The Morgan fingerprint density at radius 3 is 1.27 bits per heavy atom. The Kier molecular flexibility index (Phi) is 7.19. The molecule has 1 aliphatic carbocycles. The largest absolute Gasteiger partial charge is 0.0719 e. The van der Waals surface area contributed by atoms with E-state index in [1.165, 1.54) is 99.1 Å². The summed E-state index contributed by atoms with van der Waals surface area (Å²) in [7, 11) is 0. The topological polar surface area (TPSA) is 0 Å². The third-order valence-electron chi connectivity index (χ3n) is 11.9. The van der Waals surface area contributed by atoms with Crippen LogP contribution in [0.5, 0.6) is 0 Å². The zero-order valence-corrected chi connectivity index (χ0v) is 30.3. The lowest BCUT2D eigenvalue weighted by Crippen LogP contribution is -2.28. The van der Waals surface area contributed by atoms with Gasteiger partial charge in [0.15, 0.2) is 0 Å². The highest BCUT2D eigenvalue weighted by Gasteiger charge is 2.48. The first-order chi connectivity index (χ1) is 27.3. The van der Waals surface area contributed by atoms with Gasteiger partial charge in [0.05, 0.1) is 5.41 Å². The van der Waals surface area contributed by atoms with Gasteiger partial charge in [-0.05, 0) is 123 Å². The van der Waals surface area contributed by atoms with E-state index in [0.29, 0.717) is 0 Å². The zero-order valence-electron chi connectivity index (χ0n) is 30.3. The summed E-state index contributed by atoms with van der Waals surface area (Å²) in [6.45, 7) is 0. The van der Waals surface area contributed by atoms with Crippen LogP contribution >= 0.6 is 0 Å². The van der Waals surface area contributed by atoms with E-state index in [0.717, 1.165) is 0 Å². The Morgan fingerprint density at radius 1 is 0.273 bits per heavy atom. The first kappa shape index (κ1) is 31.5. The highest BCUT2D eigenvalue weighted by atomic mass is 14.5. The van der Waals surface area contributed by atoms with E-state index in [4.69, 9.17) is 0 Å². The van der Waals surface area contributed by atoms with E-state index in [9.17, 15) is 0 Å². The fourth-order valence-corrected chi connectivity index (χ4v) is 9.60. The highest BCUT2D eigenvalue weighted by molar-refractivity contribution is 6.08. The molecule has 0 aliphatic heterocycles. The van der Waals surface area contributed by atoms with Crippen molar-refractivity contribution in [2.24, 2.45) is 0 Å². The van der Waals surface area contributed by atoms with Gasteiger partial charge < -0.3 is 0 Å². The molecule has 0 aromatic heterocycles. The van der Waals surface area contributed by atoms with Crippen molar-refractivity contribution in [1.82, 2.24) is 0 Å². The molecule has 10 aromatic carbocycles. The van der Waals surface area contributed by atoms with E-state index < -0.39 is 5.41 Å². The average Bonchev–Trinajstić information content (AvgIpc) is 3.58. The zero-order chi connectivity index (χ0) is 36.3. The van der Waals surface area contributed by atoms with Crippen molar-refractivity contribution in [2.45, 2.75) is 5.41 Å². The minimum absolute atomic E-state index is 0.518. The summed E-state index contributed by atoms with van der Waals surface area (Å²) in [5.74, 6) is 0. The molecule has 0 spiro atoms. The summed E-state index contributed by atoms with van der Waals surface area (Å²) < 4.78 is 0. The fraction of sp³-hybridized carbons (Fsp3) is 0.0182. The molecule has 0 saturated heterocycles. The van der Waals surface area contributed by atoms with Gasteiger partial charge in [-0.3, -0.25) is 0 Å². The molecule has 55 heavy (non-hydrogen) atoms. The van der Waals surface area contributed by atoms with Crippen LogP contribution in [0.1, 0.15) is 22.3 Å². The molecule has 0 atom stereocenters. The van der Waals surface area contributed by atoms with Crippen LogP contribution in [0.15, 0.2) is 218 Å². The lowest BCUT2D eigenvalue weighted by Gasteiger charge is -2.35. The third-order valence-corrected chi connectivity index (χ3v) is 11.9. The van der Waals surface area contributed by atoms with Crippen LogP contribution < -0.4 is 0 Å². The van der Waals surface area contributed by atoms with Crippen LogP contribution in [0.4, 0.5) is 0 Å². The first-order valence-electron chi connectivity index (χ1n) is 19.2. The molecule has 10 aromatic rings. The van der Waals surface area contributed by atoms with Gasteiger partial charge in [-0.2, -0.15) is 0 Å². The van der Waals surface area contributed by atoms with E-state index >= 15 is 0 Å². The Hall–Kier alpha value is -7.02. The Bertz CT molecular complexity index is 2930. The highest BCUT2D eigenvalue weighted by Crippen LogP contribution is 2.60. The van der Waals surface area contributed by atoms with Crippen molar-refractivity contribution < 1.29 is 0 Å². The van der Waals surface area contributed by atoms with Crippen LogP contribution in [0.25, 0.3) is 76.8 Å². The molecule has 0 nitrogen and oxygen atoms in total. The fourth-order valence-electron chi connectivity index (χ4n) is 9.60. The molecule has 0 bridgehead atoms.